The van der Waals surface area contributed by atoms with Gasteiger partial charge in [-0.1, -0.05) is 31.4 Å². The molecule has 2 aliphatic heterocycles. The summed E-state index contributed by atoms with van der Waals surface area (Å²) < 4.78 is 45.9. The number of aromatic amines is 1. The number of carbonyl (C=O) groups excluding carboxylic acids is 5. The Balaban J connectivity index is 0.565. The summed E-state index contributed by atoms with van der Waals surface area (Å²) in [6.45, 7) is 5.96. The third kappa shape index (κ3) is 14.9. The molecule has 6 heterocycles. The van der Waals surface area contributed by atoms with Crippen molar-refractivity contribution < 1.29 is 52.0 Å². The first-order chi connectivity index (χ1) is 40.5. The Morgan fingerprint density at radius 3 is 2.24 bits per heavy atom. The van der Waals surface area contributed by atoms with Crippen LogP contribution in [0.3, 0.4) is 0 Å². The SMILES string of the molecule is CN[C@@H](C)C(=O)N[C@H](C(=O)N1CCC[C@H]1c1nc(C(=O)c2cccc(OCCOCCOCCOCCOCC(=O)N3CCN(C(=O)c4ccc(Nc5nc(C6CC6)cn6c(-c7cn[nH]c7)cnc56)c(F)c4)CC3)c2)cs1)C1CCCCC1. The van der Waals surface area contributed by atoms with Gasteiger partial charge in [-0.05, 0) is 88.7 Å². The zero-order valence-corrected chi connectivity index (χ0v) is 47.8. The predicted molar refractivity (Wildman–Crippen MR) is 306 cm³/mol. The molecule has 0 unspecified atom stereocenters. The summed E-state index contributed by atoms with van der Waals surface area (Å²) in [5, 5.41) is 18.5. The highest BCUT2D eigenvalue weighted by molar-refractivity contribution is 7.10. The zero-order chi connectivity index (χ0) is 57.7. The van der Waals surface area contributed by atoms with E-state index in [1.807, 2.05) is 15.5 Å². The summed E-state index contributed by atoms with van der Waals surface area (Å²) in [7, 11) is 1.73. The van der Waals surface area contributed by atoms with Crippen LogP contribution < -0.4 is 20.7 Å². The van der Waals surface area contributed by atoms with Crippen molar-refractivity contribution in [3.63, 3.8) is 0 Å². The molecule has 6 aromatic rings. The van der Waals surface area contributed by atoms with Gasteiger partial charge in [-0.3, -0.25) is 33.5 Å². The monoisotopic (exact) mass is 1160 g/mol. The number of likely N-dealkylation sites (tertiary alicyclic amines) is 1. The Labute approximate surface area is 485 Å². The van der Waals surface area contributed by atoms with Crippen molar-refractivity contribution in [3.05, 3.63) is 106 Å². The smallest absolute Gasteiger partial charge is 0.254 e. The van der Waals surface area contributed by atoms with Gasteiger partial charge in [-0.15, -0.1) is 11.3 Å². The minimum atomic E-state index is -0.602. The molecule has 22 nitrogen and oxygen atoms in total. The number of ketones is 1. The van der Waals surface area contributed by atoms with Gasteiger partial charge in [0.15, 0.2) is 11.5 Å². The molecule has 4 aliphatic rings. The summed E-state index contributed by atoms with van der Waals surface area (Å²) >= 11 is 1.38. The number of anilines is 2. The number of piperazine rings is 1. The first-order valence-corrected chi connectivity index (χ1v) is 29.7. The number of H-pyrrole nitrogens is 1. The van der Waals surface area contributed by atoms with Crippen LogP contribution in [0.25, 0.3) is 16.9 Å². The Hall–Kier alpha value is -7.22. The highest BCUT2D eigenvalue weighted by Gasteiger charge is 2.40. The number of likely N-dealkylation sites (N-methyl/N-ethyl adjacent to an activating group) is 1. The number of hydrogen-bond acceptors (Lipinski definition) is 17. The van der Waals surface area contributed by atoms with Crippen LogP contribution in [0, 0.1) is 11.7 Å². The predicted octanol–water partition coefficient (Wildman–Crippen LogP) is 6.33. The van der Waals surface area contributed by atoms with Gasteiger partial charge in [0.25, 0.3) is 5.91 Å². The zero-order valence-electron chi connectivity index (χ0n) is 47.0. The van der Waals surface area contributed by atoms with E-state index in [1.165, 1.54) is 23.5 Å². The van der Waals surface area contributed by atoms with Gasteiger partial charge >= 0.3 is 0 Å². The molecule has 4 amide bonds. The van der Waals surface area contributed by atoms with E-state index in [0.717, 1.165) is 74.7 Å². The van der Waals surface area contributed by atoms with E-state index in [2.05, 4.69) is 31.1 Å². The van der Waals surface area contributed by atoms with Crippen molar-refractivity contribution >= 4 is 57.9 Å². The maximum Gasteiger partial charge on any atom is 0.254 e. The first-order valence-electron chi connectivity index (χ1n) is 28.9. The first kappa shape index (κ1) is 59.0. The fourth-order valence-electron chi connectivity index (χ4n) is 10.8. The molecular formula is C59H73FN12O10S. The highest BCUT2D eigenvalue weighted by Crippen LogP contribution is 2.41. The average molecular weight is 1160 g/mol. The van der Waals surface area contributed by atoms with Crippen LogP contribution in [0.5, 0.6) is 5.75 Å². The average Bonchev–Trinajstić information content (AvgIpc) is 3.96. The van der Waals surface area contributed by atoms with Gasteiger partial charge in [0.1, 0.15) is 41.5 Å². The van der Waals surface area contributed by atoms with Gasteiger partial charge in [0.05, 0.1) is 87.8 Å². The van der Waals surface area contributed by atoms with Crippen LogP contribution in [0.2, 0.25) is 0 Å². The maximum absolute atomic E-state index is 15.6. The molecule has 10 rings (SSSR count). The topological polar surface area (TPSA) is 249 Å². The van der Waals surface area contributed by atoms with Gasteiger partial charge in [-0.2, -0.15) is 5.10 Å². The van der Waals surface area contributed by atoms with Crippen LogP contribution in [0.4, 0.5) is 15.9 Å². The Bertz CT molecular complexity index is 3180. The van der Waals surface area contributed by atoms with E-state index in [1.54, 1.807) is 78.1 Å². The number of thiazole rings is 1. The fourth-order valence-corrected chi connectivity index (χ4v) is 11.7. The number of rotatable bonds is 28. The third-order valence-electron chi connectivity index (χ3n) is 15.7. The molecule has 0 radical (unpaired) electrons. The molecule has 4 aromatic heterocycles. The Morgan fingerprint density at radius 1 is 0.795 bits per heavy atom. The summed E-state index contributed by atoms with van der Waals surface area (Å²) in [6, 6.07) is 10.0. The summed E-state index contributed by atoms with van der Waals surface area (Å²) in [6.07, 6.45) is 15.9. The largest absolute Gasteiger partial charge is 0.491 e. The summed E-state index contributed by atoms with van der Waals surface area (Å²) in [5.41, 5.74) is 4.24. The molecule has 0 spiro atoms. The molecule has 3 atom stereocenters. The summed E-state index contributed by atoms with van der Waals surface area (Å²) in [4.78, 5) is 86.5. The van der Waals surface area contributed by atoms with Crippen molar-refractivity contribution in [2.75, 3.05) is 105 Å². The lowest BCUT2D eigenvalue weighted by molar-refractivity contribution is -0.139. The van der Waals surface area contributed by atoms with Gasteiger partial charge in [0.2, 0.25) is 23.5 Å². The standard InChI is InChI=1S/C59H73FN12O10S/c1-38(61-2)56(75)68-52(40-8-4-3-5-9-40)59(77)71-17-7-12-49(71)57-67-48(37-83-57)53(74)41-10-6-11-44(30-41)82-29-28-80-25-24-78-22-23-79-26-27-81-36-51(73)69-18-20-70(21-19-69)58(76)42-15-16-46(45(60)31-42)65-54-55-62-34-50(43-32-63-64-33-43)72(55)35-47(66-54)39-13-14-39/h6,10-11,15-16,30-35,37-40,49,52,61H,3-5,7-9,12-14,17-29,36H2,1-2H3,(H,63,64)(H,65,66)(H,68,75)/t38-,49-,52-/m0/s1. The molecule has 4 N–H and O–H groups in total. The van der Waals surface area contributed by atoms with Crippen LogP contribution in [-0.4, -0.2) is 185 Å². The van der Waals surface area contributed by atoms with Crippen molar-refractivity contribution in [2.24, 2.45) is 5.92 Å². The van der Waals surface area contributed by atoms with E-state index in [-0.39, 0.29) is 79.1 Å². The number of ether oxygens (including phenoxy) is 5. The fraction of sp³-hybridized carbons (Fsp3) is 0.508. The van der Waals surface area contributed by atoms with E-state index in [9.17, 15) is 24.0 Å². The second-order valence-corrected chi connectivity index (χ2v) is 22.2. The lowest BCUT2D eigenvalue weighted by Crippen LogP contribution is -2.55. The van der Waals surface area contributed by atoms with E-state index < -0.39 is 17.9 Å². The lowest BCUT2D eigenvalue weighted by Gasteiger charge is -2.35. The number of fused-ring (bicyclic) bond motifs is 1. The van der Waals surface area contributed by atoms with Crippen molar-refractivity contribution in [1.29, 1.82) is 0 Å². The minimum absolute atomic E-state index is 0.0709. The number of nitrogens with one attached hydrogen (secondary N) is 4. The number of imidazole rings is 1. The van der Waals surface area contributed by atoms with Crippen molar-refractivity contribution in [1.82, 2.24) is 54.9 Å². The van der Waals surface area contributed by atoms with Gasteiger partial charge in [0, 0.05) is 73.1 Å². The number of benzene rings is 2. The minimum Gasteiger partial charge on any atom is -0.491 e. The Morgan fingerprint density at radius 2 is 1.53 bits per heavy atom. The third-order valence-corrected chi connectivity index (χ3v) is 16.7. The van der Waals surface area contributed by atoms with Gasteiger partial charge in [-0.25, -0.2) is 19.3 Å². The highest BCUT2D eigenvalue weighted by atomic mass is 32.1. The molecule has 24 heteroatoms. The molecule has 83 heavy (non-hydrogen) atoms. The molecule has 442 valence electrons. The van der Waals surface area contributed by atoms with Crippen LogP contribution in [0.1, 0.15) is 114 Å². The van der Waals surface area contributed by atoms with Crippen LogP contribution in [-0.2, 0) is 33.3 Å². The van der Waals surface area contributed by atoms with Crippen LogP contribution in [0.15, 0.2) is 72.6 Å². The van der Waals surface area contributed by atoms with E-state index >= 15 is 4.39 Å². The number of nitrogens with zero attached hydrogens (tertiary/aromatic N) is 8. The second kappa shape index (κ2) is 28.4. The van der Waals surface area contributed by atoms with Crippen molar-refractivity contribution in [2.45, 2.75) is 88.8 Å². The normalized spacial score (nSPS) is 17.4. The molecule has 2 aliphatic carbocycles. The van der Waals surface area contributed by atoms with Crippen LogP contribution >= 0.6 is 11.3 Å². The maximum atomic E-state index is 15.6. The molecule has 0 bridgehead atoms. The van der Waals surface area contributed by atoms with E-state index in [0.29, 0.717) is 105 Å². The Kier molecular flexibility index (Phi) is 20.2. The number of aromatic nitrogens is 6. The number of halogens is 1. The van der Waals surface area contributed by atoms with Gasteiger partial charge < -0.3 is 54.3 Å². The molecule has 2 aromatic carbocycles. The molecule has 2 saturated carbocycles. The lowest BCUT2D eigenvalue weighted by atomic mass is 9.83. The van der Waals surface area contributed by atoms with Crippen molar-refractivity contribution in [3.8, 4) is 17.0 Å². The number of hydrogen-bond donors (Lipinski definition) is 4. The number of amides is 4. The second-order valence-electron chi connectivity index (χ2n) is 21.4. The molecule has 4 fully saturated rings. The molecule has 2 saturated heterocycles. The van der Waals surface area contributed by atoms with E-state index in [4.69, 9.17) is 33.7 Å². The molecular weight excluding hydrogens is 1090 g/mol. The quantitative estimate of drug-likeness (QED) is 0.0309. The number of carbonyl (C=O) groups is 5. The summed E-state index contributed by atoms with van der Waals surface area (Å²) in [5.74, 6) is -0.250.